The monoisotopic (exact) mass is 529 g/mol. The topological polar surface area (TPSA) is 194 Å². The third-order valence-corrected chi connectivity index (χ3v) is 9.20. The molecule has 1 aromatic carbocycles. The average Bonchev–Trinajstić information content (AvgIpc) is 2.86. The number of aliphatic hydroxyl groups excluding tert-OH is 3. The number of nitrogens with zero attached hydrogens (tertiary/aromatic N) is 1. The lowest BCUT2D eigenvalue weighted by Crippen LogP contribution is -2.70. The second-order valence-corrected chi connectivity index (χ2v) is 11.3. The maximum Gasteiger partial charge on any atom is 0.230 e. The zero-order chi connectivity index (χ0) is 27.7. The van der Waals surface area contributed by atoms with Crippen LogP contribution in [0.25, 0.3) is 5.76 Å². The van der Waals surface area contributed by atoms with Crippen LogP contribution in [0, 0.1) is 17.8 Å². The Balaban J connectivity index is 1.54. The van der Waals surface area contributed by atoms with Crippen molar-refractivity contribution in [1.29, 1.82) is 0 Å². The number of rotatable bonds is 4. The number of hydrogen-bond acceptors (Lipinski definition) is 10. The molecule has 1 aliphatic heterocycles. The van der Waals surface area contributed by atoms with Crippen LogP contribution in [0.3, 0.4) is 0 Å². The summed E-state index contributed by atoms with van der Waals surface area (Å²) < 4.78 is 0. The lowest BCUT2D eigenvalue weighted by atomic mass is 9.53. The fraction of sp³-hybridized carbons (Fsp3) is 0.593. The molecule has 4 aliphatic rings. The highest BCUT2D eigenvalue weighted by Gasteiger charge is 2.67. The number of nitrogens with two attached hydrogens (primary N) is 1. The molecule has 1 heterocycles. The molecule has 11 nitrogen and oxygen atoms in total. The van der Waals surface area contributed by atoms with Gasteiger partial charge in [-0.25, -0.2) is 0 Å². The summed E-state index contributed by atoms with van der Waals surface area (Å²) in [5, 5.41) is 59.1. The number of carbonyl (C=O) groups excluding carboxylic acids is 3. The van der Waals surface area contributed by atoms with Crippen molar-refractivity contribution in [2.45, 2.75) is 62.5 Å². The average molecular weight is 530 g/mol. The molecule has 38 heavy (non-hydrogen) atoms. The quantitative estimate of drug-likeness (QED) is 0.245. The van der Waals surface area contributed by atoms with Crippen molar-refractivity contribution in [1.82, 2.24) is 10.2 Å². The predicted molar refractivity (Wildman–Crippen MR) is 135 cm³/mol. The molecule has 206 valence electrons. The molecule has 0 aromatic heterocycles. The van der Waals surface area contributed by atoms with Gasteiger partial charge in [0.05, 0.1) is 17.8 Å². The number of piperidine rings is 1. The van der Waals surface area contributed by atoms with Crippen LogP contribution in [0.2, 0.25) is 0 Å². The molecule has 1 aromatic rings. The molecule has 7 atom stereocenters. The van der Waals surface area contributed by atoms with Gasteiger partial charge in [-0.3, -0.25) is 14.4 Å². The first-order valence-electron chi connectivity index (χ1n) is 13.1. The van der Waals surface area contributed by atoms with Gasteiger partial charge in [-0.15, -0.1) is 0 Å². The molecule has 1 saturated heterocycles. The van der Waals surface area contributed by atoms with Crippen molar-refractivity contribution in [3.05, 3.63) is 34.4 Å². The zero-order valence-electron chi connectivity index (χ0n) is 21.4. The number of primary amides is 1. The number of amides is 1. The molecule has 0 spiro atoms. The summed E-state index contributed by atoms with van der Waals surface area (Å²) in [6.45, 7) is 3.97. The molecule has 3 fully saturated rings. The van der Waals surface area contributed by atoms with E-state index in [-0.39, 0.29) is 22.9 Å². The van der Waals surface area contributed by atoms with E-state index in [1.54, 1.807) is 19.1 Å². The first-order chi connectivity index (χ1) is 17.9. The van der Waals surface area contributed by atoms with E-state index in [0.717, 1.165) is 25.9 Å². The number of likely N-dealkylation sites (tertiary alicyclic amines) is 1. The van der Waals surface area contributed by atoms with Crippen molar-refractivity contribution in [3.63, 3.8) is 0 Å². The van der Waals surface area contributed by atoms with Crippen LogP contribution >= 0.6 is 0 Å². The van der Waals surface area contributed by atoms with Crippen molar-refractivity contribution in [3.8, 4) is 5.75 Å². The van der Waals surface area contributed by atoms with Crippen molar-refractivity contribution < 1.29 is 39.9 Å². The number of fused-ring (bicyclic) bond motifs is 3. The summed E-state index contributed by atoms with van der Waals surface area (Å²) in [5.41, 5.74) is 3.08. The molecule has 3 aliphatic carbocycles. The van der Waals surface area contributed by atoms with Gasteiger partial charge in [0.1, 0.15) is 17.4 Å². The molecule has 5 rings (SSSR count). The zero-order valence-corrected chi connectivity index (χ0v) is 21.4. The SMILES string of the molecule is C[C@H]1c2ccc(CNC3CCN(C)CC3)c(O)c2C(O)=C2C(=O)[C@]3(O)C(=O)C(C(N)=O)C(O)C[C@@H]3[C@@H](O)[C@@H]21. The summed E-state index contributed by atoms with van der Waals surface area (Å²) >= 11 is 0. The second kappa shape index (κ2) is 9.42. The lowest BCUT2D eigenvalue weighted by molar-refractivity contribution is -0.186. The molecule has 2 unspecified atom stereocenters. The molecule has 11 heteroatoms. The highest BCUT2D eigenvalue weighted by atomic mass is 16.3. The fourth-order valence-electron chi connectivity index (χ4n) is 6.95. The van der Waals surface area contributed by atoms with E-state index in [0.29, 0.717) is 17.7 Å². The second-order valence-electron chi connectivity index (χ2n) is 11.3. The number of Topliss-reactive ketones (excluding diaryl/α,β-unsaturated/α-hetero) is 2. The highest BCUT2D eigenvalue weighted by molar-refractivity contribution is 6.25. The van der Waals surface area contributed by atoms with Gasteiger partial charge in [-0.05, 0) is 50.9 Å². The Kier molecular flexibility index (Phi) is 6.64. The normalized spacial score (nSPS) is 36.0. The van der Waals surface area contributed by atoms with Crippen LogP contribution in [0.15, 0.2) is 17.7 Å². The minimum Gasteiger partial charge on any atom is -0.507 e. The number of aliphatic hydroxyl groups is 4. The number of nitrogens with one attached hydrogen (secondary N) is 1. The number of carbonyl (C=O) groups is 3. The number of aromatic hydroxyl groups is 1. The van der Waals surface area contributed by atoms with Crippen molar-refractivity contribution in [2.24, 2.45) is 23.5 Å². The van der Waals surface area contributed by atoms with E-state index in [2.05, 4.69) is 17.3 Å². The van der Waals surface area contributed by atoms with E-state index >= 15 is 0 Å². The standard InChI is InChI=1S/C27H35N3O8/c1-11-14-4-3-12(10-29-13-5-7-30(2)8-6-13)21(32)18(14)23(34)20-17(11)22(33)15-9-16(31)19(26(28)37)24(35)27(15,38)25(20)36/h3-4,11,13,15-17,19,22,29,31-34,38H,5-10H2,1-2H3,(H2,28,37)/t11-,15+,16?,17+,19?,22+,27+/m0/s1. The van der Waals surface area contributed by atoms with Gasteiger partial charge in [0.2, 0.25) is 11.7 Å². The Morgan fingerprint density at radius 1 is 1.18 bits per heavy atom. The first-order valence-corrected chi connectivity index (χ1v) is 13.1. The van der Waals surface area contributed by atoms with Gasteiger partial charge in [-0.2, -0.15) is 0 Å². The minimum atomic E-state index is -2.85. The summed E-state index contributed by atoms with van der Waals surface area (Å²) in [5.74, 6) is -9.30. The maximum absolute atomic E-state index is 13.7. The molecule has 0 bridgehead atoms. The lowest BCUT2D eigenvalue weighted by Gasteiger charge is -2.52. The highest BCUT2D eigenvalue weighted by Crippen LogP contribution is 2.55. The number of ketones is 2. The Morgan fingerprint density at radius 2 is 1.84 bits per heavy atom. The summed E-state index contributed by atoms with van der Waals surface area (Å²) in [6, 6.07) is 3.74. The van der Waals surface area contributed by atoms with E-state index in [1.807, 2.05) is 0 Å². The minimum absolute atomic E-state index is 0.0174. The van der Waals surface area contributed by atoms with Gasteiger partial charge in [0.25, 0.3) is 0 Å². The third kappa shape index (κ3) is 3.79. The van der Waals surface area contributed by atoms with Gasteiger partial charge in [0, 0.05) is 35.6 Å². The maximum atomic E-state index is 13.7. The number of phenolic OH excluding ortho intramolecular Hbond substituents is 1. The van der Waals surface area contributed by atoms with Gasteiger partial charge in [-0.1, -0.05) is 19.1 Å². The van der Waals surface area contributed by atoms with E-state index in [9.17, 15) is 39.9 Å². The number of benzene rings is 1. The predicted octanol–water partition coefficient (Wildman–Crippen LogP) is -0.695. The Labute approximate surface area is 219 Å². The molecule has 1 amide bonds. The molecule has 8 N–H and O–H groups in total. The molecular formula is C27H35N3O8. The molecular weight excluding hydrogens is 494 g/mol. The van der Waals surface area contributed by atoms with Crippen LogP contribution in [-0.2, 0) is 20.9 Å². The Hall–Kier alpha value is -2.83. The smallest absolute Gasteiger partial charge is 0.230 e. The van der Waals surface area contributed by atoms with Crippen molar-refractivity contribution >= 4 is 23.2 Å². The van der Waals surface area contributed by atoms with E-state index in [1.165, 1.54) is 0 Å². The summed E-state index contributed by atoms with van der Waals surface area (Å²) in [7, 11) is 2.06. The van der Waals surface area contributed by atoms with Crippen LogP contribution in [0.1, 0.15) is 48.8 Å². The summed E-state index contributed by atoms with van der Waals surface area (Å²) in [6.07, 6.45) is -1.56. The van der Waals surface area contributed by atoms with E-state index in [4.69, 9.17) is 5.73 Å². The fourth-order valence-corrected chi connectivity index (χ4v) is 6.95. The van der Waals surface area contributed by atoms with Crippen LogP contribution in [0.4, 0.5) is 0 Å². The molecule has 0 radical (unpaired) electrons. The van der Waals surface area contributed by atoms with Crippen LogP contribution in [-0.4, -0.2) is 91.9 Å². The van der Waals surface area contributed by atoms with Crippen LogP contribution in [0.5, 0.6) is 5.75 Å². The first kappa shape index (κ1) is 26.8. The Bertz CT molecular complexity index is 1220. The largest absolute Gasteiger partial charge is 0.507 e. The van der Waals surface area contributed by atoms with Crippen LogP contribution < -0.4 is 11.1 Å². The summed E-state index contributed by atoms with van der Waals surface area (Å²) in [4.78, 5) is 41.0. The van der Waals surface area contributed by atoms with Gasteiger partial charge in [0.15, 0.2) is 11.4 Å². The molecule has 2 saturated carbocycles. The number of hydrogen-bond donors (Lipinski definition) is 7. The Morgan fingerprint density at radius 3 is 2.47 bits per heavy atom. The number of phenols is 1. The van der Waals surface area contributed by atoms with Crippen molar-refractivity contribution in [2.75, 3.05) is 20.1 Å². The van der Waals surface area contributed by atoms with Gasteiger partial charge < -0.3 is 41.5 Å². The van der Waals surface area contributed by atoms with E-state index < -0.39 is 71.1 Å². The van der Waals surface area contributed by atoms with Gasteiger partial charge >= 0.3 is 0 Å². The third-order valence-electron chi connectivity index (χ3n) is 9.20.